The highest BCUT2D eigenvalue weighted by molar-refractivity contribution is 6.06. The molecular weight excluding hydrogens is 166 g/mol. The van der Waals surface area contributed by atoms with Gasteiger partial charge in [0.05, 0.1) is 26.6 Å². The molecule has 0 heterocycles. The summed E-state index contributed by atoms with van der Waals surface area (Å²) in [4.78, 5) is 9.14. The number of carboxylic acid groups (broad SMARTS) is 1. The van der Waals surface area contributed by atoms with Gasteiger partial charge in [0.15, 0.2) is 11.8 Å². The van der Waals surface area contributed by atoms with E-state index in [9.17, 15) is 0 Å². The summed E-state index contributed by atoms with van der Waals surface area (Å²) in [6, 6.07) is 0. The van der Waals surface area contributed by atoms with E-state index in [-0.39, 0.29) is 0 Å². The third kappa shape index (κ3) is 26.5. The third-order valence-electron chi connectivity index (χ3n) is 0.919. The number of carbonyl (C=O) groups excluding carboxylic acids is 1. The van der Waals surface area contributed by atoms with Gasteiger partial charge < -0.3 is 9.90 Å². The molecule has 0 atom stereocenters. The number of hydrogen-bond donors (Lipinski definition) is 0. The summed E-state index contributed by atoms with van der Waals surface area (Å²) < 4.78 is 0.542. The van der Waals surface area contributed by atoms with Gasteiger partial charge in [0.1, 0.15) is 0 Å². The first-order valence-electron chi connectivity index (χ1n) is 3.19. The second-order valence-corrected chi connectivity index (χ2v) is 3.29. The molecule has 11 heavy (non-hydrogen) atoms. The van der Waals surface area contributed by atoms with Crippen molar-refractivity contribution in [1.82, 2.24) is 0 Å². The van der Waals surface area contributed by atoms with Gasteiger partial charge in [-0.2, -0.15) is 0 Å². The largest absolute Gasteiger partial charge is 0.545 e. The number of aliphatic carboxylic acids is 1. The van der Waals surface area contributed by atoms with Crippen molar-refractivity contribution in [3.05, 3.63) is 12.7 Å². The molecule has 0 spiro atoms. The lowest BCUT2D eigenvalue weighted by atomic mass is 10.7. The monoisotopic (exact) mass is 179 g/mol. The van der Waals surface area contributed by atoms with E-state index >= 15 is 0 Å². The predicted octanol–water partition coefficient (Wildman–Crippen LogP) is 0.159. The van der Waals surface area contributed by atoms with Crippen molar-refractivity contribution in [2.24, 2.45) is 0 Å². The molecule has 0 radical (unpaired) electrons. The molecule has 0 saturated heterocycles. The van der Waals surface area contributed by atoms with Crippen molar-refractivity contribution < 1.29 is 13.9 Å². The minimum Gasteiger partial charge on any atom is -0.545 e. The van der Waals surface area contributed by atoms with Crippen LogP contribution in [0.5, 0.6) is 0 Å². The zero-order chi connectivity index (χ0) is 9.49. The molecule has 0 N–H and O–H groups in total. The van der Waals surface area contributed by atoms with Gasteiger partial charge in [0.25, 0.3) is 0 Å². The summed E-state index contributed by atoms with van der Waals surface area (Å²) >= 11 is 5.66. The molecule has 0 amide bonds. The van der Waals surface area contributed by atoms with Crippen molar-refractivity contribution in [3.8, 4) is 0 Å². The van der Waals surface area contributed by atoms with Gasteiger partial charge in [-0.15, -0.1) is 0 Å². The Kier molecular flexibility index (Phi) is 7.36. The highest BCUT2D eigenvalue weighted by Crippen LogP contribution is 1.97. The van der Waals surface area contributed by atoms with E-state index in [1.54, 1.807) is 0 Å². The van der Waals surface area contributed by atoms with Crippen LogP contribution in [-0.2, 0) is 4.79 Å². The summed E-state index contributed by atoms with van der Waals surface area (Å²) in [5.74, 6) is -1.23. The molecule has 0 bridgehead atoms. The second-order valence-electron chi connectivity index (χ2n) is 2.38. The summed E-state index contributed by atoms with van der Waals surface area (Å²) in [7, 11) is 3.89. The van der Waals surface area contributed by atoms with Crippen molar-refractivity contribution >= 4 is 17.7 Å². The average molecular weight is 180 g/mol. The SMILES string of the molecule is C=CC(=O)[O-].CC[N+](C)(C)Cl. The van der Waals surface area contributed by atoms with E-state index in [0.717, 1.165) is 12.6 Å². The maximum absolute atomic E-state index is 9.14. The predicted molar refractivity (Wildman–Crippen MR) is 43.7 cm³/mol. The molecular formula is C7H14ClNO2. The maximum atomic E-state index is 9.14. The van der Waals surface area contributed by atoms with Crippen LogP contribution in [0.1, 0.15) is 6.92 Å². The maximum Gasteiger partial charge on any atom is 0.164 e. The summed E-state index contributed by atoms with van der Waals surface area (Å²) in [6.45, 7) is 5.92. The molecule has 0 aliphatic rings. The van der Waals surface area contributed by atoms with Gasteiger partial charge in [0.2, 0.25) is 0 Å². The minimum atomic E-state index is -1.23. The number of carboxylic acids is 1. The molecule has 0 aliphatic carbocycles. The lowest BCUT2D eigenvalue weighted by Gasteiger charge is -2.13. The Hall–Kier alpha value is -0.540. The van der Waals surface area contributed by atoms with Gasteiger partial charge in [-0.05, 0) is 13.0 Å². The summed E-state index contributed by atoms with van der Waals surface area (Å²) in [6.07, 6.45) is 0.722. The highest BCUT2D eigenvalue weighted by atomic mass is 35.5. The van der Waals surface area contributed by atoms with E-state index in [1.807, 2.05) is 21.0 Å². The molecule has 0 aromatic heterocycles. The number of halogens is 1. The zero-order valence-corrected chi connectivity index (χ0v) is 7.89. The van der Waals surface area contributed by atoms with Crippen molar-refractivity contribution in [2.75, 3.05) is 20.6 Å². The molecule has 0 saturated carbocycles. The van der Waals surface area contributed by atoms with E-state index in [0.29, 0.717) is 4.00 Å². The first kappa shape index (κ1) is 13.1. The standard InChI is InChI=1S/C4H11ClN.C3H4O2/c1-4-6(2,3)5;1-2-3(4)5/h4H2,1-3H3;2H,1H2,(H,4,5)/q+1;/p-1. The van der Waals surface area contributed by atoms with Crippen molar-refractivity contribution in [2.45, 2.75) is 6.92 Å². The van der Waals surface area contributed by atoms with Gasteiger partial charge in [-0.1, -0.05) is 6.58 Å². The Labute approximate surface area is 72.6 Å². The Bertz CT molecular complexity index is 129. The van der Waals surface area contributed by atoms with Crippen LogP contribution in [0.4, 0.5) is 0 Å². The van der Waals surface area contributed by atoms with Crippen LogP contribution in [0.2, 0.25) is 0 Å². The second kappa shape index (κ2) is 6.19. The first-order valence-corrected chi connectivity index (χ1v) is 3.53. The lowest BCUT2D eigenvalue weighted by Crippen LogP contribution is -2.26. The zero-order valence-electron chi connectivity index (χ0n) is 7.13. The fourth-order valence-corrected chi connectivity index (χ4v) is 0. The molecule has 0 aromatic carbocycles. The average Bonchev–Trinajstić information content (AvgIpc) is 1.88. The van der Waals surface area contributed by atoms with Gasteiger partial charge in [-0.3, -0.25) is 0 Å². The van der Waals surface area contributed by atoms with Crippen LogP contribution in [0.15, 0.2) is 12.7 Å². The molecule has 0 aromatic rings. The Morgan fingerprint density at radius 3 is 1.91 bits per heavy atom. The Morgan fingerprint density at radius 2 is 1.91 bits per heavy atom. The van der Waals surface area contributed by atoms with Crippen LogP contribution in [0, 0.1) is 0 Å². The number of nitrogens with zero attached hydrogens (tertiary/aromatic N) is 1. The Morgan fingerprint density at radius 1 is 1.73 bits per heavy atom. The van der Waals surface area contributed by atoms with Gasteiger partial charge in [-0.25, -0.2) is 4.00 Å². The molecule has 3 nitrogen and oxygen atoms in total. The lowest BCUT2D eigenvalue weighted by molar-refractivity contribution is -0.769. The topological polar surface area (TPSA) is 40.1 Å². The van der Waals surface area contributed by atoms with Crippen molar-refractivity contribution in [3.63, 3.8) is 0 Å². The van der Waals surface area contributed by atoms with E-state index < -0.39 is 5.97 Å². The van der Waals surface area contributed by atoms with E-state index in [2.05, 4.69) is 6.58 Å². The van der Waals surface area contributed by atoms with Gasteiger partial charge >= 0.3 is 0 Å². The highest BCUT2D eigenvalue weighted by Gasteiger charge is 2.03. The van der Waals surface area contributed by atoms with E-state index in [4.69, 9.17) is 21.7 Å². The molecule has 0 aliphatic heterocycles. The first-order chi connectivity index (χ1) is 4.83. The van der Waals surface area contributed by atoms with Crippen LogP contribution in [-0.4, -0.2) is 30.6 Å². The van der Waals surface area contributed by atoms with Crippen LogP contribution >= 0.6 is 11.8 Å². The normalized spacial score (nSPS) is 9.45. The quantitative estimate of drug-likeness (QED) is 0.448. The van der Waals surface area contributed by atoms with Crippen LogP contribution in [0.3, 0.4) is 0 Å². The van der Waals surface area contributed by atoms with Crippen molar-refractivity contribution in [1.29, 1.82) is 0 Å². The molecule has 4 heteroatoms. The number of hydrogen-bond acceptors (Lipinski definition) is 2. The molecule has 0 rings (SSSR count). The third-order valence-corrected chi connectivity index (χ3v) is 1.16. The van der Waals surface area contributed by atoms with Gasteiger partial charge in [0, 0.05) is 0 Å². The molecule has 0 unspecified atom stereocenters. The number of quaternary nitrogens is 1. The van der Waals surface area contributed by atoms with Crippen LogP contribution in [0.25, 0.3) is 0 Å². The van der Waals surface area contributed by atoms with Crippen LogP contribution < -0.4 is 5.11 Å². The molecule has 0 fully saturated rings. The number of carbonyl (C=O) groups is 1. The molecule has 66 valence electrons. The van der Waals surface area contributed by atoms with E-state index in [1.165, 1.54) is 0 Å². The number of rotatable bonds is 2. The smallest absolute Gasteiger partial charge is 0.164 e. The summed E-state index contributed by atoms with van der Waals surface area (Å²) in [5, 5.41) is 9.14. The summed E-state index contributed by atoms with van der Waals surface area (Å²) in [5.41, 5.74) is 0. The fraction of sp³-hybridized carbons (Fsp3) is 0.571. The fourth-order valence-electron chi connectivity index (χ4n) is 0. The Balaban J connectivity index is 0. The minimum absolute atomic E-state index is 0.542.